The van der Waals surface area contributed by atoms with E-state index in [1.54, 1.807) is 29.1 Å². The topological polar surface area (TPSA) is 64.1 Å². The Morgan fingerprint density at radius 1 is 1.43 bits per heavy atom. The first kappa shape index (κ1) is 8.62. The Morgan fingerprint density at radius 2 is 2.21 bits per heavy atom. The maximum Gasteiger partial charge on any atom is 0.117 e. The second-order valence-electron chi connectivity index (χ2n) is 3.12. The van der Waals surface area contributed by atoms with Gasteiger partial charge in [-0.2, -0.15) is 5.10 Å². The number of nitrogens with two attached hydrogens (primary N) is 1. The van der Waals surface area contributed by atoms with Crippen LogP contribution in [0.4, 0.5) is 5.69 Å². The Hall–Kier alpha value is -1.97. The van der Waals surface area contributed by atoms with Crippen molar-refractivity contribution in [1.29, 1.82) is 0 Å². The summed E-state index contributed by atoms with van der Waals surface area (Å²) in [6, 6.07) is 6.88. The number of nitrogen functional groups attached to an aromatic ring is 1. The minimum atomic E-state index is 0.218. The van der Waals surface area contributed by atoms with Crippen LogP contribution in [0.5, 0.6) is 5.75 Å². The molecule has 0 unspecified atom stereocenters. The Kier molecular flexibility index (Phi) is 1.89. The molecule has 3 N–H and O–H groups in total. The minimum Gasteiger partial charge on any atom is -0.508 e. The van der Waals surface area contributed by atoms with Crippen LogP contribution >= 0.6 is 0 Å². The summed E-state index contributed by atoms with van der Waals surface area (Å²) in [7, 11) is 0. The summed E-state index contributed by atoms with van der Waals surface area (Å²) in [5.74, 6) is 0.218. The number of nitrogens with zero attached hydrogens (tertiary/aromatic N) is 2. The summed E-state index contributed by atoms with van der Waals surface area (Å²) in [6.07, 6.45) is 1.60. The second kappa shape index (κ2) is 3.06. The number of hydrogen-bond donors (Lipinski definition) is 2. The molecule has 0 aliphatic carbocycles. The average molecular weight is 189 g/mol. The van der Waals surface area contributed by atoms with Crippen molar-refractivity contribution < 1.29 is 5.11 Å². The van der Waals surface area contributed by atoms with Crippen LogP contribution in [0, 0.1) is 6.92 Å². The van der Waals surface area contributed by atoms with Crippen molar-refractivity contribution in [1.82, 2.24) is 9.78 Å². The average Bonchev–Trinajstić information content (AvgIpc) is 2.48. The van der Waals surface area contributed by atoms with Crippen LogP contribution < -0.4 is 5.73 Å². The third kappa shape index (κ3) is 1.31. The number of aromatic hydroxyl groups is 1. The van der Waals surface area contributed by atoms with Gasteiger partial charge in [-0.1, -0.05) is 6.07 Å². The highest BCUT2D eigenvalue weighted by Gasteiger charge is 2.04. The fourth-order valence-corrected chi connectivity index (χ4v) is 1.31. The van der Waals surface area contributed by atoms with Crippen LogP contribution in [0.25, 0.3) is 5.69 Å². The molecule has 72 valence electrons. The summed E-state index contributed by atoms with van der Waals surface area (Å²) in [5.41, 5.74) is 7.99. The SMILES string of the molecule is Cc1c(N)cnn1-c1cccc(O)c1. The zero-order valence-corrected chi connectivity index (χ0v) is 7.81. The molecule has 0 spiro atoms. The highest BCUT2D eigenvalue weighted by molar-refractivity contribution is 5.46. The van der Waals surface area contributed by atoms with E-state index in [4.69, 9.17) is 5.73 Å². The first-order valence-electron chi connectivity index (χ1n) is 4.28. The molecule has 4 heteroatoms. The summed E-state index contributed by atoms with van der Waals surface area (Å²) in [5, 5.41) is 13.4. The molecular weight excluding hydrogens is 178 g/mol. The van der Waals surface area contributed by atoms with Gasteiger partial charge < -0.3 is 10.8 Å². The Balaban J connectivity index is 2.55. The van der Waals surface area contributed by atoms with Crippen molar-refractivity contribution in [2.45, 2.75) is 6.92 Å². The molecule has 14 heavy (non-hydrogen) atoms. The van der Waals surface area contributed by atoms with Crippen molar-refractivity contribution in [2.24, 2.45) is 0 Å². The van der Waals surface area contributed by atoms with Gasteiger partial charge in [-0.25, -0.2) is 4.68 Å². The van der Waals surface area contributed by atoms with Crippen molar-refractivity contribution in [3.63, 3.8) is 0 Å². The minimum absolute atomic E-state index is 0.218. The van der Waals surface area contributed by atoms with E-state index in [-0.39, 0.29) is 5.75 Å². The van der Waals surface area contributed by atoms with Crippen LogP contribution in [0.3, 0.4) is 0 Å². The lowest BCUT2D eigenvalue weighted by molar-refractivity contribution is 0.475. The molecule has 4 nitrogen and oxygen atoms in total. The third-order valence-electron chi connectivity index (χ3n) is 2.12. The molecule has 0 saturated carbocycles. The maximum absolute atomic E-state index is 9.30. The Bertz CT molecular complexity index is 462. The van der Waals surface area contributed by atoms with Gasteiger partial charge in [-0.05, 0) is 19.1 Å². The maximum atomic E-state index is 9.30. The molecule has 0 atom stereocenters. The van der Waals surface area contributed by atoms with E-state index >= 15 is 0 Å². The number of aromatic nitrogens is 2. The van der Waals surface area contributed by atoms with E-state index in [1.165, 1.54) is 0 Å². The zero-order chi connectivity index (χ0) is 10.1. The van der Waals surface area contributed by atoms with Crippen molar-refractivity contribution in [2.75, 3.05) is 5.73 Å². The molecule has 0 aliphatic rings. The van der Waals surface area contributed by atoms with Crippen molar-refractivity contribution in [3.8, 4) is 11.4 Å². The normalized spacial score (nSPS) is 10.4. The summed E-state index contributed by atoms with van der Waals surface area (Å²) in [6.45, 7) is 1.88. The van der Waals surface area contributed by atoms with Crippen LogP contribution in [0.1, 0.15) is 5.69 Å². The first-order chi connectivity index (χ1) is 6.68. The molecule has 0 saturated heterocycles. The fourth-order valence-electron chi connectivity index (χ4n) is 1.31. The number of anilines is 1. The monoisotopic (exact) mass is 189 g/mol. The molecule has 2 rings (SSSR count). The first-order valence-corrected chi connectivity index (χ1v) is 4.28. The lowest BCUT2D eigenvalue weighted by atomic mass is 10.3. The molecule has 1 aromatic heterocycles. The lowest BCUT2D eigenvalue weighted by Gasteiger charge is -2.04. The van der Waals surface area contributed by atoms with Crippen LogP contribution in [-0.2, 0) is 0 Å². The highest BCUT2D eigenvalue weighted by atomic mass is 16.3. The van der Waals surface area contributed by atoms with Gasteiger partial charge in [0.25, 0.3) is 0 Å². The van der Waals surface area contributed by atoms with Gasteiger partial charge >= 0.3 is 0 Å². The molecule has 0 radical (unpaired) electrons. The van der Waals surface area contributed by atoms with E-state index in [0.29, 0.717) is 5.69 Å². The lowest BCUT2D eigenvalue weighted by Crippen LogP contribution is -1.99. The highest BCUT2D eigenvalue weighted by Crippen LogP contribution is 2.18. The number of phenolic OH excluding ortho intramolecular Hbond substituents is 1. The van der Waals surface area contributed by atoms with Crippen molar-refractivity contribution in [3.05, 3.63) is 36.2 Å². The molecular formula is C10H11N3O. The summed E-state index contributed by atoms with van der Waals surface area (Å²) >= 11 is 0. The van der Waals surface area contributed by atoms with Gasteiger partial charge in [-0.3, -0.25) is 0 Å². The Morgan fingerprint density at radius 3 is 2.79 bits per heavy atom. The van der Waals surface area contributed by atoms with Gasteiger partial charge in [0, 0.05) is 6.07 Å². The zero-order valence-electron chi connectivity index (χ0n) is 7.81. The smallest absolute Gasteiger partial charge is 0.117 e. The molecule has 1 heterocycles. The predicted octanol–water partition coefficient (Wildman–Crippen LogP) is 1.47. The van der Waals surface area contributed by atoms with Crippen LogP contribution in [-0.4, -0.2) is 14.9 Å². The molecule has 0 fully saturated rings. The van der Waals surface area contributed by atoms with E-state index in [0.717, 1.165) is 11.4 Å². The fraction of sp³-hybridized carbons (Fsp3) is 0.100. The standard InChI is InChI=1S/C10H11N3O/c1-7-10(11)6-12-13(7)8-3-2-4-9(14)5-8/h2-6,14H,11H2,1H3. The number of hydrogen-bond acceptors (Lipinski definition) is 3. The van der Waals surface area contributed by atoms with Crippen LogP contribution in [0.2, 0.25) is 0 Å². The second-order valence-corrected chi connectivity index (χ2v) is 3.12. The molecule has 0 aliphatic heterocycles. The van der Waals surface area contributed by atoms with E-state index < -0.39 is 0 Å². The van der Waals surface area contributed by atoms with Crippen LogP contribution in [0.15, 0.2) is 30.5 Å². The van der Waals surface area contributed by atoms with Gasteiger partial charge in [0.15, 0.2) is 0 Å². The quantitative estimate of drug-likeness (QED) is 0.714. The number of benzene rings is 1. The largest absolute Gasteiger partial charge is 0.508 e. The predicted molar refractivity (Wildman–Crippen MR) is 54.4 cm³/mol. The molecule has 1 aromatic carbocycles. The molecule has 0 amide bonds. The summed E-state index contributed by atoms with van der Waals surface area (Å²) in [4.78, 5) is 0. The molecule has 0 bridgehead atoms. The van der Waals surface area contributed by atoms with E-state index in [9.17, 15) is 5.11 Å². The van der Waals surface area contributed by atoms with Gasteiger partial charge in [0.1, 0.15) is 5.75 Å². The van der Waals surface area contributed by atoms with Gasteiger partial charge in [0.05, 0.1) is 23.3 Å². The number of phenols is 1. The number of rotatable bonds is 1. The summed E-state index contributed by atoms with van der Waals surface area (Å²) < 4.78 is 1.69. The molecule has 2 aromatic rings. The van der Waals surface area contributed by atoms with E-state index in [2.05, 4.69) is 5.10 Å². The van der Waals surface area contributed by atoms with Crippen molar-refractivity contribution >= 4 is 5.69 Å². The van der Waals surface area contributed by atoms with Gasteiger partial charge in [0.2, 0.25) is 0 Å². The van der Waals surface area contributed by atoms with E-state index in [1.807, 2.05) is 13.0 Å². The van der Waals surface area contributed by atoms with Gasteiger partial charge in [-0.15, -0.1) is 0 Å². The third-order valence-corrected chi connectivity index (χ3v) is 2.12. The Labute approximate surface area is 81.6 Å².